The molecule has 0 bridgehead atoms. The smallest absolute Gasteiger partial charge is 0.267 e. The lowest BCUT2D eigenvalue weighted by molar-refractivity contribution is -0.384. The Morgan fingerprint density at radius 1 is 0.933 bits per heavy atom. The van der Waals surface area contributed by atoms with E-state index in [1.165, 1.54) is 29.3 Å². The highest BCUT2D eigenvalue weighted by Crippen LogP contribution is 2.35. The number of nitrogens with zero attached hydrogens (tertiary/aromatic N) is 3. The third-order valence-corrected chi connectivity index (χ3v) is 5.93. The molecule has 1 amide bonds. The SMILES string of the molecule is O=C(c1ccc([N+](=O)[O-])cc1)N1N=C(c2ccc(Br)cc2)CC1c1ccc(Br)cc1. The second kappa shape index (κ2) is 8.49. The fourth-order valence-corrected chi connectivity index (χ4v) is 3.85. The highest BCUT2D eigenvalue weighted by Gasteiger charge is 2.33. The van der Waals surface area contributed by atoms with Crippen LogP contribution in [0.5, 0.6) is 0 Å². The Morgan fingerprint density at radius 2 is 1.50 bits per heavy atom. The minimum Gasteiger partial charge on any atom is -0.267 e. The van der Waals surface area contributed by atoms with Crippen molar-refractivity contribution < 1.29 is 9.72 Å². The van der Waals surface area contributed by atoms with Crippen LogP contribution in [0.3, 0.4) is 0 Å². The first-order valence-electron chi connectivity index (χ1n) is 9.09. The van der Waals surface area contributed by atoms with Gasteiger partial charge in [-0.15, -0.1) is 0 Å². The summed E-state index contributed by atoms with van der Waals surface area (Å²) in [6, 6.07) is 20.9. The molecule has 4 rings (SSSR count). The van der Waals surface area contributed by atoms with Crippen molar-refractivity contribution in [2.75, 3.05) is 0 Å². The monoisotopic (exact) mass is 527 g/mol. The van der Waals surface area contributed by atoms with E-state index >= 15 is 0 Å². The average Bonchev–Trinajstić information content (AvgIpc) is 3.19. The number of nitro groups is 1. The molecule has 8 heteroatoms. The number of hydrogen-bond acceptors (Lipinski definition) is 4. The summed E-state index contributed by atoms with van der Waals surface area (Å²) in [7, 11) is 0. The Bertz CT molecular complexity index is 1130. The Morgan fingerprint density at radius 3 is 2.07 bits per heavy atom. The minimum atomic E-state index is -0.488. The van der Waals surface area contributed by atoms with E-state index in [9.17, 15) is 14.9 Å². The first kappa shape index (κ1) is 20.4. The van der Waals surface area contributed by atoms with Crippen LogP contribution in [0.4, 0.5) is 5.69 Å². The third kappa shape index (κ3) is 4.20. The van der Waals surface area contributed by atoms with Crippen LogP contribution in [0.2, 0.25) is 0 Å². The predicted octanol–water partition coefficient (Wildman–Crippen LogP) is 6.11. The van der Waals surface area contributed by atoms with Gasteiger partial charge in [0.2, 0.25) is 0 Å². The Hall–Kier alpha value is -2.84. The number of non-ortho nitro benzene ring substituents is 1. The van der Waals surface area contributed by atoms with Crippen molar-refractivity contribution in [3.8, 4) is 0 Å². The van der Waals surface area contributed by atoms with Gasteiger partial charge in [-0.05, 0) is 47.5 Å². The zero-order valence-corrected chi connectivity index (χ0v) is 18.7. The van der Waals surface area contributed by atoms with Gasteiger partial charge in [0.25, 0.3) is 11.6 Å². The van der Waals surface area contributed by atoms with Gasteiger partial charge in [0.15, 0.2) is 0 Å². The molecule has 30 heavy (non-hydrogen) atoms. The molecule has 0 radical (unpaired) electrons. The van der Waals surface area contributed by atoms with Gasteiger partial charge in [0.1, 0.15) is 0 Å². The number of carbonyl (C=O) groups is 1. The topological polar surface area (TPSA) is 75.8 Å². The van der Waals surface area contributed by atoms with Gasteiger partial charge >= 0.3 is 0 Å². The molecule has 3 aromatic carbocycles. The number of halogens is 2. The van der Waals surface area contributed by atoms with Crippen LogP contribution in [0.25, 0.3) is 0 Å². The van der Waals surface area contributed by atoms with Crippen molar-refractivity contribution in [2.24, 2.45) is 5.10 Å². The molecule has 6 nitrogen and oxygen atoms in total. The standard InChI is InChI=1S/C22H15Br2N3O3/c23-17-7-1-14(2-8-17)20-13-21(15-3-9-18(24)10-4-15)26(25-20)22(28)16-5-11-19(12-6-16)27(29)30/h1-12,21H,13H2. The first-order chi connectivity index (χ1) is 14.4. The molecule has 0 N–H and O–H groups in total. The molecule has 0 saturated heterocycles. The van der Waals surface area contributed by atoms with Gasteiger partial charge in [-0.25, -0.2) is 5.01 Å². The zero-order chi connectivity index (χ0) is 21.3. The molecular weight excluding hydrogens is 514 g/mol. The van der Waals surface area contributed by atoms with E-state index < -0.39 is 4.92 Å². The Labute approximate surface area is 189 Å². The van der Waals surface area contributed by atoms with Crippen LogP contribution >= 0.6 is 31.9 Å². The summed E-state index contributed by atoms with van der Waals surface area (Å²) in [5, 5.41) is 17.0. The lowest BCUT2D eigenvalue weighted by atomic mass is 9.98. The summed E-state index contributed by atoms with van der Waals surface area (Å²) in [6.07, 6.45) is 0.571. The first-order valence-corrected chi connectivity index (χ1v) is 10.7. The van der Waals surface area contributed by atoms with E-state index in [0.29, 0.717) is 12.0 Å². The van der Waals surface area contributed by atoms with Gasteiger partial charge in [0, 0.05) is 33.1 Å². The van der Waals surface area contributed by atoms with E-state index in [-0.39, 0.29) is 17.6 Å². The van der Waals surface area contributed by atoms with E-state index in [0.717, 1.165) is 25.8 Å². The van der Waals surface area contributed by atoms with Gasteiger partial charge < -0.3 is 0 Å². The fraction of sp³-hybridized carbons (Fsp3) is 0.0909. The van der Waals surface area contributed by atoms with Crippen LogP contribution in [0.15, 0.2) is 86.8 Å². The van der Waals surface area contributed by atoms with Crippen LogP contribution in [0.1, 0.15) is 33.9 Å². The number of carbonyl (C=O) groups excluding carboxylic acids is 1. The zero-order valence-electron chi connectivity index (χ0n) is 15.5. The molecule has 0 aromatic heterocycles. The molecule has 150 valence electrons. The maximum atomic E-state index is 13.2. The quantitative estimate of drug-likeness (QED) is 0.303. The summed E-state index contributed by atoms with van der Waals surface area (Å²) in [5.74, 6) is -0.301. The van der Waals surface area contributed by atoms with Crippen molar-refractivity contribution in [1.82, 2.24) is 5.01 Å². The Balaban J connectivity index is 1.70. The summed E-state index contributed by atoms with van der Waals surface area (Å²) in [4.78, 5) is 23.7. The fourth-order valence-electron chi connectivity index (χ4n) is 3.32. The third-order valence-electron chi connectivity index (χ3n) is 4.88. The summed E-state index contributed by atoms with van der Waals surface area (Å²) in [5.41, 5.74) is 3.01. The van der Waals surface area contributed by atoms with Crippen molar-refractivity contribution >= 4 is 49.2 Å². The lowest BCUT2D eigenvalue weighted by Gasteiger charge is -2.22. The van der Waals surface area contributed by atoms with Crippen molar-refractivity contribution in [1.29, 1.82) is 0 Å². The predicted molar refractivity (Wildman–Crippen MR) is 121 cm³/mol. The number of nitro benzene ring substituents is 1. The van der Waals surface area contributed by atoms with Gasteiger partial charge in [-0.3, -0.25) is 14.9 Å². The molecule has 1 atom stereocenters. The number of rotatable bonds is 4. The number of amides is 1. The number of benzene rings is 3. The van der Waals surface area contributed by atoms with Crippen molar-refractivity contribution in [3.05, 3.63) is 109 Å². The normalized spacial score (nSPS) is 15.7. The van der Waals surface area contributed by atoms with Crippen molar-refractivity contribution in [2.45, 2.75) is 12.5 Å². The highest BCUT2D eigenvalue weighted by molar-refractivity contribution is 9.10. The lowest BCUT2D eigenvalue weighted by Crippen LogP contribution is -2.27. The minimum absolute atomic E-state index is 0.0588. The maximum Gasteiger partial charge on any atom is 0.274 e. The second-order valence-corrected chi connectivity index (χ2v) is 8.61. The van der Waals surface area contributed by atoms with Crippen LogP contribution in [-0.2, 0) is 0 Å². The number of hydrazone groups is 1. The molecule has 1 heterocycles. The summed E-state index contributed by atoms with van der Waals surface area (Å²) >= 11 is 6.87. The summed E-state index contributed by atoms with van der Waals surface area (Å²) in [6.45, 7) is 0. The summed E-state index contributed by atoms with van der Waals surface area (Å²) < 4.78 is 1.92. The van der Waals surface area contributed by atoms with Gasteiger partial charge in [0.05, 0.1) is 16.7 Å². The van der Waals surface area contributed by atoms with E-state index in [1.54, 1.807) is 0 Å². The largest absolute Gasteiger partial charge is 0.274 e. The highest BCUT2D eigenvalue weighted by atomic mass is 79.9. The molecule has 1 aliphatic heterocycles. The van der Waals surface area contributed by atoms with Gasteiger partial charge in [-0.2, -0.15) is 5.10 Å². The van der Waals surface area contributed by atoms with Crippen LogP contribution < -0.4 is 0 Å². The molecule has 3 aromatic rings. The molecule has 0 spiro atoms. The second-order valence-electron chi connectivity index (χ2n) is 6.78. The molecule has 1 unspecified atom stereocenters. The van der Waals surface area contributed by atoms with Crippen LogP contribution in [0, 0.1) is 10.1 Å². The van der Waals surface area contributed by atoms with Crippen molar-refractivity contribution in [3.63, 3.8) is 0 Å². The average molecular weight is 529 g/mol. The molecule has 0 fully saturated rings. The molecule has 1 aliphatic rings. The van der Waals surface area contributed by atoms with E-state index in [1.807, 2.05) is 48.5 Å². The molecule has 0 aliphatic carbocycles. The van der Waals surface area contributed by atoms with Crippen LogP contribution in [-0.4, -0.2) is 21.6 Å². The van der Waals surface area contributed by atoms with E-state index in [2.05, 4.69) is 37.0 Å². The molecular formula is C22H15Br2N3O3. The Kier molecular flexibility index (Phi) is 5.78. The maximum absolute atomic E-state index is 13.2. The molecule has 0 saturated carbocycles. The number of hydrogen-bond donors (Lipinski definition) is 0. The van der Waals surface area contributed by atoms with Gasteiger partial charge in [-0.1, -0.05) is 56.1 Å². The van der Waals surface area contributed by atoms with E-state index in [4.69, 9.17) is 0 Å².